The topological polar surface area (TPSA) is 264 Å². The molecule has 0 bridgehead atoms. The third-order valence-corrected chi connectivity index (χ3v) is 10.5. The smallest absolute Gasteiger partial charge is 0.432 e. The van der Waals surface area contributed by atoms with Gasteiger partial charge in [0, 0.05) is 37.2 Å². The molecule has 2 saturated heterocycles. The summed E-state index contributed by atoms with van der Waals surface area (Å²) in [5.74, 6) is -0.375. The number of nitrogen functional groups attached to an aromatic ring is 1. The molecule has 2 fully saturated rings. The van der Waals surface area contributed by atoms with E-state index in [4.69, 9.17) is 38.5 Å². The van der Waals surface area contributed by atoms with Gasteiger partial charge in [-0.1, -0.05) is 0 Å². The van der Waals surface area contributed by atoms with Gasteiger partial charge < -0.3 is 39.6 Å². The number of nitrogens with two attached hydrogens (primary N) is 1. The number of aliphatic hydroxyl groups excluding tert-OH is 2. The molecule has 22 heteroatoms. The van der Waals surface area contributed by atoms with Gasteiger partial charge in [0.2, 0.25) is 0 Å². The Morgan fingerprint density at radius 3 is 2.70 bits per heavy atom. The van der Waals surface area contributed by atoms with Crippen molar-refractivity contribution >= 4 is 41.3 Å². The Morgan fingerprint density at radius 1 is 1.21 bits per heavy atom. The highest BCUT2D eigenvalue weighted by Crippen LogP contribution is 2.63. The van der Waals surface area contributed by atoms with E-state index in [1.165, 1.54) is 26.0 Å². The van der Waals surface area contributed by atoms with E-state index in [0.29, 0.717) is 22.5 Å². The Balaban J connectivity index is 1.34. The van der Waals surface area contributed by atoms with Crippen LogP contribution in [0.25, 0.3) is 11.2 Å². The van der Waals surface area contributed by atoms with Gasteiger partial charge in [0.15, 0.2) is 23.6 Å². The van der Waals surface area contributed by atoms with Crippen molar-refractivity contribution in [2.24, 2.45) is 0 Å². The maximum absolute atomic E-state index is 14.2. The third kappa shape index (κ3) is 7.85. The minimum atomic E-state index is -4.38. The van der Waals surface area contributed by atoms with Crippen molar-refractivity contribution in [2.75, 3.05) is 32.0 Å². The monoisotopic (exact) mass is 703 g/mol. The summed E-state index contributed by atoms with van der Waals surface area (Å²) in [5.41, 5.74) is 5.13. The standard InChI is InChI=1S/C25H34N7O13PS/c1-12(2)42-25(37)40-11-47-46(38,45-19-14(7-33)44-23(20(19)39-3)31-5-4-16(35)30-24(31)36)41-8-15-13(34)6-17(43-15)32-10-29-18-21(26)27-9-28-22(18)32/h4-5,9-10,12-15,17,19-20,23,33-34H,6-8,11H2,1-3H3,(H2,26,27,28)(H,30,35,36)/t13-,14-,15-,17-,19?,20+,23-,46-/m1/s1. The summed E-state index contributed by atoms with van der Waals surface area (Å²) in [7, 11) is 1.28. The number of fused-ring (bicyclic) bond motifs is 1. The largest absolute Gasteiger partial charge is 0.509 e. The predicted molar refractivity (Wildman–Crippen MR) is 161 cm³/mol. The molecular weight excluding hydrogens is 669 g/mol. The fraction of sp³-hybridized carbons (Fsp3) is 0.600. The molecule has 20 nitrogen and oxygen atoms in total. The third-order valence-electron chi connectivity index (χ3n) is 7.13. The SMILES string of the molecule is CO[C@H]1C(O[P@@](=O)(OC[C@H]2O[C@@H](n3cnc4c(N)ncnc43)C[C@H]2O)SCOC(=O)OC(C)C)[C@@H](CO)O[C@H]1n1ccc(=O)[nH]c1=O. The summed E-state index contributed by atoms with van der Waals surface area (Å²) < 4.78 is 55.8. The quantitative estimate of drug-likeness (QED) is 0.106. The fourth-order valence-corrected chi connectivity index (χ4v) is 7.77. The van der Waals surface area contributed by atoms with E-state index in [2.05, 4.69) is 19.9 Å². The number of aromatic amines is 1. The number of anilines is 1. The molecule has 5 heterocycles. The Kier molecular flexibility index (Phi) is 11.0. The second kappa shape index (κ2) is 14.8. The summed E-state index contributed by atoms with van der Waals surface area (Å²) >= 11 is 0.476. The van der Waals surface area contributed by atoms with Crippen LogP contribution in [0.5, 0.6) is 0 Å². The number of imidazole rings is 1. The highest BCUT2D eigenvalue weighted by atomic mass is 32.7. The van der Waals surface area contributed by atoms with Gasteiger partial charge in [-0.2, -0.15) is 0 Å². The summed E-state index contributed by atoms with van der Waals surface area (Å²) in [6, 6.07) is 1.09. The normalized spacial score (nSPS) is 27.3. The molecule has 2 aliphatic rings. The number of hydrogen-bond donors (Lipinski definition) is 4. The average Bonchev–Trinajstić information content (AvgIpc) is 3.71. The molecule has 2 aliphatic heterocycles. The van der Waals surface area contributed by atoms with Crippen molar-refractivity contribution in [3.8, 4) is 0 Å². The Bertz CT molecular complexity index is 1720. The van der Waals surface area contributed by atoms with Gasteiger partial charge in [-0.25, -0.2) is 29.1 Å². The zero-order valence-electron chi connectivity index (χ0n) is 25.3. The molecule has 8 atom stereocenters. The zero-order valence-corrected chi connectivity index (χ0v) is 27.0. The number of hydrogen-bond acceptors (Lipinski definition) is 18. The first-order valence-electron chi connectivity index (χ1n) is 14.2. The van der Waals surface area contributed by atoms with E-state index in [1.807, 2.05) is 0 Å². The van der Waals surface area contributed by atoms with E-state index >= 15 is 0 Å². The maximum Gasteiger partial charge on any atom is 0.509 e. The number of nitrogens with one attached hydrogen (secondary N) is 1. The van der Waals surface area contributed by atoms with Crippen molar-refractivity contribution in [3.63, 3.8) is 0 Å². The molecule has 3 aromatic heterocycles. The van der Waals surface area contributed by atoms with Gasteiger partial charge in [0.05, 0.1) is 31.7 Å². The van der Waals surface area contributed by atoms with E-state index < -0.39 is 92.4 Å². The van der Waals surface area contributed by atoms with Crippen LogP contribution in [0.3, 0.4) is 0 Å². The van der Waals surface area contributed by atoms with Crippen LogP contribution >= 0.6 is 18.2 Å². The lowest BCUT2D eigenvalue weighted by atomic mass is 10.1. The molecule has 47 heavy (non-hydrogen) atoms. The second-order valence-electron chi connectivity index (χ2n) is 10.6. The lowest BCUT2D eigenvalue weighted by molar-refractivity contribution is -0.0625. The van der Waals surface area contributed by atoms with E-state index in [9.17, 15) is 29.2 Å². The summed E-state index contributed by atoms with van der Waals surface area (Å²) in [4.78, 5) is 50.5. The fourth-order valence-electron chi connectivity index (χ4n) is 4.98. The Morgan fingerprint density at radius 2 is 2.00 bits per heavy atom. The van der Waals surface area contributed by atoms with E-state index in [-0.39, 0.29) is 12.2 Å². The number of aromatic nitrogens is 6. The lowest BCUT2D eigenvalue weighted by Gasteiger charge is -2.28. The van der Waals surface area contributed by atoms with Crippen molar-refractivity contribution in [1.82, 2.24) is 29.1 Å². The van der Waals surface area contributed by atoms with Crippen LogP contribution in [0, 0.1) is 0 Å². The minimum absolute atomic E-state index is 0.0935. The molecule has 0 aromatic carbocycles. The predicted octanol–water partition coefficient (Wildman–Crippen LogP) is 0.274. The van der Waals surface area contributed by atoms with E-state index in [1.54, 1.807) is 18.4 Å². The van der Waals surface area contributed by atoms with Crippen LogP contribution in [0.4, 0.5) is 10.6 Å². The minimum Gasteiger partial charge on any atom is -0.432 e. The number of carbonyl (C=O) groups is 1. The second-order valence-corrected chi connectivity index (χ2v) is 14.6. The molecule has 1 unspecified atom stereocenters. The van der Waals surface area contributed by atoms with Gasteiger partial charge in [0.25, 0.3) is 5.56 Å². The van der Waals surface area contributed by atoms with E-state index in [0.717, 1.165) is 10.6 Å². The molecule has 0 saturated carbocycles. The Hall–Kier alpha value is -3.40. The number of rotatable bonds is 13. The molecule has 5 rings (SSSR count). The molecule has 258 valence electrons. The van der Waals surface area contributed by atoms with Crippen molar-refractivity contribution < 1.29 is 52.3 Å². The summed E-state index contributed by atoms with van der Waals surface area (Å²) in [6.45, 7) is -2.26. The van der Waals surface area contributed by atoms with Gasteiger partial charge in [0.1, 0.15) is 42.5 Å². The molecule has 0 radical (unpaired) electrons. The molecule has 3 aromatic rings. The van der Waals surface area contributed by atoms with Crippen molar-refractivity contribution in [3.05, 3.63) is 45.8 Å². The van der Waals surface area contributed by atoms with Crippen molar-refractivity contribution in [1.29, 1.82) is 0 Å². The molecule has 0 amide bonds. The highest BCUT2D eigenvalue weighted by molar-refractivity contribution is 8.55. The maximum atomic E-state index is 14.2. The van der Waals surface area contributed by atoms with Crippen LogP contribution in [-0.4, -0.2) is 108 Å². The summed E-state index contributed by atoms with van der Waals surface area (Å²) in [6.07, 6.45) is -5.23. The number of aliphatic hydroxyl groups is 2. The molecular formula is C25H34N7O13PS. The highest BCUT2D eigenvalue weighted by Gasteiger charge is 2.51. The molecule has 0 spiro atoms. The molecule has 5 N–H and O–H groups in total. The van der Waals surface area contributed by atoms with Gasteiger partial charge >= 0.3 is 18.6 Å². The first-order chi connectivity index (χ1) is 22.4. The van der Waals surface area contributed by atoms with Crippen LogP contribution in [0.1, 0.15) is 32.7 Å². The first-order valence-corrected chi connectivity index (χ1v) is 17.3. The molecule has 0 aliphatic carbocycles. The van der Waals surface area contributed by atoms with Gasteiger partial charge in [-0.3, -0.25) is 28.0 Å². The number of carbonyl (C=O) groups excluding carboxylic acids is 1. The van der Waals surface area contributed by atoms with Gasteiger partial charge in [-0.15, -0.1) is 0 Å². The lowest BCUT2D eigenvalue weighted by Crippen LogP contribution is -2.39. The average molecular weight is 704 g/mol. The first kappa shape index (κ1) is 34.9. The summed E-state index contributed by atoms with van der Waals surface area (Å²) in [5, 5.41) is 20.9. The van der Waals surface area contributed by atoms with Crippen molar-refractivity contribution in [2.45, 2.75) is 69.3 Å². The van der Waals surface area contributed by atoms with Gasteiger partial charge in [-0.05, 0) is 13.8 Å². The number of ether oxygens (including phenoxy) is 5. The van der Waals surface area contributed by atoms with Crippen LogP contribution in [-0.2, 0) is 37.3 Å². The van der Waals surface area contributed by atoms with Crippen LogP contribution < -0.4 is 17.0 Å². The zero-order chi connectivity index (χ0) is 33.9. The number of H-pyrrole nitrogens is 1. The number of nitrogens with zero attached hydrogens (tertiary/aromatic N) is 5. The Labute approximate surface area is 269 Å². The number of methoxy groups -OCH3 is 1. The van der Waals surface area contributed by atoms with Crippen LogP contribution in [0.2, 0.25) is 0 Å². The van der Waals surface area contributed by atoms with Crippen LogP contribution in [0.15, 0.2) is 34.5 Å².